The number of carbonyl (C=O) groups excluding carboxylic acids is 3. The number of ether oxygens (including phenoxy) is 1. The van der Waals surface area contributed by atoms with Crippen LogP contribution in [0.3, 0.4) is 0 Å². The van der Waals surface area contributed by atoms with E-state index in [1.54, 1.807) is 4.90 Å². The highest BCUT2D eigenvalue weighted by molar-refractivity contribution is 5.93. The quantitative estimate of drug-likeness (QED) is 0.382. The molecule has 2 fully saturated rings. The molecule has 0 radical (unpaired) electrons. The molecule has 4 rings (SSSR count). The van der Waals surface area contributed by atoms with E-state index in [9.17, 15) is 14.4 Å². The third kappa shape index (κ3) is 7.20. The van der Waals surface area contributed by atoms with Crippen LogP contribution in [0.4, 0.5) is 0 Å². The van der Waals surface area contributed by atoms with E-state index in [0.29, 0.717) is 51.7 Å². The molecular formula is C30H40N4O4. The first kappa shape index (κ1) is 27.8. The van der Waals surface area contributed by atoms with Crippen LogP contribution in [-0.2, 0) is 25.5 Å². The lowest BCUT2D eigenvalue weighted by Gasteiger charge is -2.32. The van der Waals surface area contributed by atoms with Crippen LogP contribution in [0.25, 0.3) is 0 Å². The van der Waals surface area contributed by atoms with E-state index < -0.39 is 24.1 Å². The van der Waals surface area contributed by atoms with Crippen LogP contribution in [-0.4, -0.2) is 67.1 Å². The number of nitrogens with two attached hydrogens (primary N) is 1. The summed E-state index contributed by atoms with van der Waals surface area (Å²) in [7, 11) is 0. The van der Waals surface area contributed by atoms with Gasteiger partial charge in [0.25, 0.3) is 0 Å². The fraction of sp³-hybridized carbons (Fsp3) is 0.500. The summed E-state index contributed by atoms with van der Waals surface area (Å²) >= 11 is 0. The van der Waals surface area contributed by atoms with Crippen LogP contribution < -0.4 is 16.4 Å². The fourth-order valence-corrected chi connectivity index (χ4v) is 5.49. The number of nitrogens with zero attached hydrogens (tertiary/aromatic N) is 1. The van der Waals surface area contributed by atoms with Crippen molar-refractivity contribution in [3.05, 3.63) is 71.8 Å². The SMILES string of the molecule is NCCCC[C@@H]1NC(=O)[C@H]2[C@@H](c3ccccc3)CCN2C(=O)[C@H](Cc2ccccc2)NCCCCOC1=O. The maximum atomic E-state index is 14.1. The second-order valence-electron chi connectivity index (χ2n) is 10.2. The summed E-state index contributed by atoms with van der Waals surface area (Å²) in [6, 6.07) is 17.9. The first-order chi connectivity index (χ1) is 18.6. The lowest BCUT2D eigenvalue weighted by Crippen LogP contribution is -2.56. The Morgan fingerprint density at radius 1 is 0.921 bits per heavy atom. The van der Waals surface area contributed by atoms with Gasteiger partial charge >= 0.3 is 5.97 Å². The average Bonchev–Trinajstić information content (AvgIpc) is 3.39. The number of rotatable bonds is 7. The maximum Gasteiger partial charge on any atom is 0.328 e. The molecule has 2 aliphatic rings. The summed E-state index contributed by atoms with van der Waals surface area (Å²) in [4.78, 5) is 42.6. The molecule has 8 nitrogen and oxygen atoms in total. The van der Waals surface area contributed by atoms with Gasteiger partial charge in [0.15, 0.2) is 0 Å². The van der Waals surface area contributed by atoms with E-state index in [4.69, 9.17) is 10.5 Å². The van der Waals surface area contributed by atoms with E-state index in [0.717, 1.165) is 24.0 Å². The van der Waals surface area contributed by atoms with Gasteiger partial charge < -0.3 is 26.0 Å². The van der Waals surface area contributed by atoms with Crippen LogP contribution in [0.15, 0.2) is 60.7 Å². The first-order valence-electron chi connectivity index (χ1n) is 13.9. The number of nitrogens with one attached hydrogen (secondary N) is 2. The Balaban J connectivity index is 1.64. The standard InChI is InChI=1S/C30H40N4O4/c31-17-8-7-15-25-30(37)38-20-10-9-18-32-26(21-22-11-3-1-4-12-22)29(36)34-19-16-24(27(34)28(35)33-25)23-13-5-2-6-14-23/h1-6,11-14,24-27,32H,7-10,15-21,31H2,(H,33,35)/t24-,25+,26+,27-/m1/s1. The van der Waals surface area contributed by atoms with E-state index >= 15 is 0 Å². The molecule has 2 amide bonds. The van der Waals surface area contributed by atoms with Crippen LogP contribution in [0, 0.1) is 0 Å². The van der Waals surface area contributed by atoms with E-state index in [-0.39, 0.29) is 24.3 Å². The monoisotopic (exact) mass is 520 g/mol. The van der Waals surface area contributed by atoms with Crippen molar-refractivity contribution in [2.75, 3.05) is 26.2 Å². The molecule has 2 aliphatic heterocycles. The zero-order valence-electron chi connectivity index (χ0n) is 22.0. The highest BCUT2D eigenvalue weighted by Crippen LogP contribution is 2.34. The minimum absolute atomic E-state index is 0.0771. The highest BCUT2D eigenvalue weighted by atomic mass is 16.5. The molecule has 2 heterocycles. The number of esters is 1. The summed E-state index contributed by atoms with van der Waals surface area (Å²) < 4.78 is 5.55. The molecular weight excluding hydrogens is 480 g/mol. The lowest BCUT2D eigenvalue weighted by molar-refractivity contribution is -0.149. The van der Waals surface area contributed by atoms with Crippen molar-refractivity contribution in [2.45, 2.75) is 69.0 Å². The van der Waals surface area contributed by atoms with Gasteiger partial charge in [-0.1, -0.05) is 60.7 Å². The topological polar surface area (TPSA) is 114 Å². The van der Waals surface area contributed by atoms with E-state index in [1.807, 2.05) is 60.7 Å². The number of hydrogen-bond acceptors (Lipinski definition) is 6. The second kappa shape index (κ2) is 14.1. The minimum Gasteiger partial charge on any atom is -0.464 e. The molecule has 204 valence electrons. The van der Waals surface area contributed by atoms with Crippen LogP contribution in [0.1, 0.15) is 55.6 Å². The maximum absolute atomic E-state index is 14.1. The Hall–Kier alpha value is -3.23. The Labute approximate surface area is 225 Å². The summed E-state index contributed by atoms with van der Waals surface area (Å²) in [5, 5.41) is 6.40. The van der Waals surface area contributed by atoms with Gasteiger partial charge in [-0.2, -0.15) is 0 Å². The lowest BCUT2D eigenvalue weighted by atomic mass is 9.90. The number of fused-ring (bicyclic) bond motifs is 1. The fourth-order valence-electron chi connectivity index (χ4n) is 5.49. The molecule has 0 spiro atoms. The Kier molecular flexibility index (Phi) is 10.3. The first-order valence-corrected chi connectivity index (χ1v) is 13.9. The van der Waals surface area contributed by atoms with Crippen molar-refractivity contribution in [3.8, 4) is 0 Å². The van der Waals surface area contributed by atoms with Crippen LogP contribution in [0.2, 0.25) is 0 Å². The van der Waals surface area contributed by atoms with Crippen molar-refractivity contribution in [1.29, 1.82) is 0 Å². The molecule has 4 N–H and O–H groups in total. The van der Waals surface area contributed by atoms with Gasteiger partial charge in [-0.15, -0.1) is 0 Å². The predicted octanol–water partition coefficient (Wildman–Crippen LogP) is 2.52. The molecule has 0 saturated carbocycles. The van der Waals surface area contributed by atoms with Gasteiger partial charge in [0.1, 0.15) is 12.1 Å². The third-order valence-corrected chi connectivity index (χ3v) is 7.51. The zero-order chi connectivity index (χ0) is 26.7. The number of amides is 2. The van der Waals surface area contributed by atoms with Crippen molar-refractivity contribution in [3.63, 3.8) is 0 Å². The highest BCUT2D eigenvalue weighted by Gasteiger charge is 2.45. The molecule has 0 bridgehead atoms. The molecule has 2 aromatic carbocycles. The number of cyclic esters (lactones) is 1. The van der Waals surface area contributed by atoms with Gasteiger partial charge in [-0.05, 0) is 69.2 Å². The molecule has 4 atom stereocenters. The molecule has 2 saturated heterocycles. The van der Waals surface area contributed by atoms with Crippen LogP contribution >= 0.6 is 0 Å². The number of carbonyl (C=O) groups is 3. The number of hydrogen-bond donors (Lipinski definition) is 3. The predicted molar refractivity (Wildman–Crippen MR) is 146 cm³/mol. The minimum atomic E-state index is -0.760. The zero-order valence-corrected chi connectivity index (χ0v) is 22.0. The second-order valence-corrected chi connectivity index (χ2v) is 10.2. The van der Waals surface area contributed by atoms with Crippen LogP contribution in [0.5, 0.6) is 0 Å². The normalized spacial score (nSPS) is 25.3. The third-order valence-electron chi connectivity index (χ3n) is 7.51. The van der Waals surface area contributed by atoms with Crippen molar-refractivity contribution in [2.24, 2.45) is 5.73 Å². The van der Waals surface area contributed by atoms with Gasteiger partial charge in [0.2, 0.25) is 11.8 Å². The molecule has 8 heteroatoms. The van der Waals surface area contributed by atoms with Crippen molar-refractivity contribution >= 4 is 17.8 Å². The molecule has 0 aromatic heterocycles. The number of benzene rings is 2. The van der Waals surface area contributed by atoms with Gasteiger partial charge in [-0.3, -0.25) is 9.59 Å². The summed E-state index contributed by atoms with van der Waals surface area (Å²) in [5.74, 6) is -0.970. The Morgan fingerprint density at radius 2 is 1.66 bits per heavy atom. The summed E-state index contributed by atoms with van der Waals surface area (Å²) in [6.07, 6.45) is 4.58. The molecule has 38 heavy (non-hydrogen) atoms. The van der Waals surface area contributed by atoms with E-state index in [2.05, 4.69) is 10.6 Å². The largest absolute Gasteiger partial charge is 0.464 e. The Bertz CT molecular complexity index is 1050. The van der Waals surface area contributed by atoms with Gasteiger partial charge in [0.05, 0.1) is 12.6 Å². The molecule has 0 aliphatic carbocycles. The number of unbranched alkanes of at least 4 members (excludes halogenated alkanes) is 1. The van der Waals surface area contributed by atoms with E-state index in [1.165, 1.54) is 0 Å². The van der Waals surface area contributed by atoms with Crippen molar-refractivity contribution in [1.82, 2.24) is 15.5 Å². The van der Waals surface area contributed by atoms with Gasteiger partial charge in [-0.25, -0.2) is 4.79 Å². The molecule has 0 unspecified atom stereocenters. The average molecular weight is 521 g/mol. The molecule has 2 aromatic rings. The smallest absolute Gasteiger partial charge is 0.328 e. The summed E-state index contributed by atoms with van der Waals surface area (Å²) in [5.41, 5.74) is 7.74. The van der Waals surface area contributed by atoms with Crippen molar-refractivity contribution < 1.29 is 19.1 Å². The Morgan fingerprint density at radius 3 is 2.39 bits per heavy atom. The summed E-state index contributed by atoms with van der Waals surface area (Å²) in [6.45, 7) is 1.90. The van der Waals surface area contributed by atoms with Gasteiger partial charge in [0, 0.05) is 12.5 Å².